The first-order valence-corrected chi connectivity index (χ1v) is 12.0. The summed E-state index contributed by atoms with van der Waals surface area (Å²) in [7, 11) is 0. The van der Waals surface area contributed by atoms with E-state index in [-0.39, 0.29) is 24.5 Å². The van der Waals surface area contributed by atoms with Crippen LogP contribution in [0.25, 0.3) is 11.3 Å². The first-order valence-electron chi connectivity index (χ1n) is 12.0. The van der Waals surface area contributed by atoms with E-state index in [0.717, 1.165) is 74.6 Å². The lowest BCUT2D eigenvalue weighted by Gasteiger charge is -2.30. The molecule has 1 amide bonds. The van der Waals surface area contributed by atoms with Crippen LogP contribution in [0, 0.1) is 5.92 Å². The maximum absolute atomic E-state index is 13.4. The van der Waals surface area contributed by atoms with Gasteiger partial charge in [-0.05, 0) is 51.0 Å². The normalized spacial score (nSPS) is 23.3. The Morgan fingerprint density at radius 1 is 1.12 bits per heavy atom. The fourth-order valence-electron chi connectivity index (χ4n) is 5.35. The van der Waals surface area contributed by atoms with E-state index in [0.29, 0.717) is 6.54 Å². The van der Waals surface area contributed by atoms with Crippen LogP contribution in [0.2, 0.25) is 0 Å². The zero-order valence-electron chi connectivity index (χ0n) is 18.6. The van der Waals surface area contributed by atoms with E-state index in [4.69, 9.17) is 4.98 Å². The van der Waals surface area contributed by atoms with E-state index in [1.165, 1.54) is 12.8 Å². The van der Waals surface area contributed by atoms with Crippen LogP contribution in [0.1, 0.15) is 56.7 Å². The lowest BCUT2D eigenvalue weighted by atomic mass is 9.92. The van der Waals surface area contributed by atoms with Crippen molar-refractivity contribution in [2.45, 2.75) is 57.5 Å². The summed E-state index contributed by atoms with van der Waals surface area (Å²) in [4.78, 5) is 27.1. The number of carbonyl (C=O) groups excluding carboxylic acids is 1. The molecule has 3 aliphatic rings. The number of carbonyl (C=O) groups is 1. The van der Waals surface area contributed by atoms with Crippen LogP contribution in [-0.2, 0) is 11.3 Å². The van der Waals surface area contributed by atoms with Gasteiger partial charge in [-0.1, -0.05) is 12.2 Å². The molecule has 1 aliphatic carbocycles. The molecule has 2 saturated heterocycles. The molecule has 2 aliphatic heterocycles. The highest BCUT2D eigenvalue weighted by atomic mass is 16.3. The van der Waals surface area contributed by atoms with Crippen molar-refractivity contribution in [2.75, 3.05) is 31.1 Å². The third-order valence-corrected chi connectivity index (χ3v) is 6.97. The van der Waals surface area contributed by atoms with Crippen LogP contribution < -0.4 is 4.90 Å². The van der Waals surface area contributed by atoms with Gasteiger partial charge in [-0.25, -0.2) is 9.97 Å². The number of rotatable bonds is 6. The van der Waals surface area contributed by atoms with Crippen LogP contribution in [0.4, 0.5) is 5.95 Å². The Bertz CT molecular complexity index is 981. The number of aromatic nitrogens is 4. The van der Waals surface area contributed by atoms with Crippen molar-refractivity contribution in [1.82, 2.24) is 24.6 Å². The summed E-state index contributed by atoms with van der Waals surface area (Å²) in [5.74, 6) is 1.08. The van der Waals surface area contributed by atoms with E-state index >= 15 is 0 Å². The number of aliphatic hydroxyl groups is 1. The molecule has 1 N–H and O–H groups in total. The number of amides is 1. The molecule has 170 valence electrons. The molecule has 2 atom stereocenters. The summed E-state index contributed by atoms with van der Waals surface area (Å²) in [6.45, 7) is 3.16. The minimum Gasteiger partial charge on any atom is -0.394 e. The van der Waals surface area contributed by atoms with Crippen LogP contribution in [0.3, 0.4) is 0 Å². The maximum Gasteiger partial charge on any atom is 0.226 e. The molecule has 8 heteroatoms. The van der Waals surface area contributed by atoms with Crippen LogP contribution >= 0.6 is 0 Å². The van der Waals surface area contributed by atoms with Gasteiger partial charge in [0.25, 0.3) is 0 Å². The van der Waals surface area contributed by atoms with Crippen molar-refractivity contribution in [1.29, 1.82) is 0 Å². The highest BCUT2D eigenvalue weighted by Crippen LogP contribution is 2.39. The molecule has 0 bridgehead atoms. The van der Waals surface area contributed by atoms with E-state index in [2.05, 4.69) is 32.0 Å². The van der Waals surface area contributed by atoms with Gasteiger partial charge < -0.3 is 14.9 Å². The fourth-order valence-corrected chi connectivity index (χ4v) is 5.35. The first-order chi connectivity index (χ1) is 15.8. The lowest BCUT2D eigenvalue weighted by molar-refractivity contribution is -0.136. The van der Waals surface area contributed by atoms with E-state index in [9.17, 15) is 9.90 Å². The zero-order valence-corrected chi connectivity index (χ0v) is 18.6. The molecular weight excluding hydrogens is 404 g/mol. The molecule has 2 aromatic heterocycles. The van der Waals surface area contributed by atoms with E-state index in [1.807, 2.05) is 23.1 Å². The van der Waals surface area contributed by atoms with Gasteiger partial charge >= 0.3 is 0 Å². The van der Waals surface area contributed by atoms with Gasteiger partial charge in [-0.2, -0.15) is 5.10 Å². The zero-order chi connectivity index (χ0) is 21.9. The predicted molar refractivity (Wildman–Crippen MR) is 122 cm³/mol. The largest absolute Gasteiger partial charge is 0.394 e. The Balaban J connectivity index is 1.49. The molecule has 4 heterocycles. The average molecular weight is 437 g/mol. The van der Waals surface area contributed by atoms with Crippen LogP contribution in [0.15, 0.2) is 30.6 Å². The van der Waals surface area contributed by atoms with Gasteiger partial charge in [0.2, 0.25) is 11.9 Å². The summed E-state index contributed by atoms with van der Waals surface area (Å²) in [6, 6.07) is 1.89. The number of anilines is 1. The molecule has 2 fully saturated rings. The Morgan fingerprint density at radius 2 is 2.00 bits per heavy atom. The second-order valence-corrected chi connectivity index (χ2v) is 9.00. The number of aliphatic hydroxyl groups excluding tert-OH is 1. The Morgan fingerprint density at radius 3 is 2.78 bits per heavy atom. The summed E-state index contributed by atoms with van der Waals surface area (Å²) < 4.78 is 1.87. The molecule has 32 heavy (non-hydrogen) atoms. The Hall–Kier alpha value is -2.74. The van der Waals surface area contributed by atoms with Crippen molar-refractivity contribution in [2.24, 2.45) is 5.92 Å². The molecule has 0 saturated carbocycles. The number of likely N-dealkylation sites (tertiary alicyclic amines) is 1. The molecule has 0 unspecified atom stereocenters. The third kappa shape index (κ3) is 4.03. The highest BCUT2D eigenvalue weighted by Gasteiger charge is 2.37. The molecule has 2 aromatic rings. The summed E-state index contributed by atoms with van der Waals surface area (Å²) in [5, 5.41) is 14.2. The van der Waals surface area contributed by atoms with Gasteiger partial charge in [-0.15, -0.1) is 0 Å². The van der Waals surface area contributed by atoms with Crippen LogP contribution in [0.5, 0.6) is 0 Å². The van der Waals surface area contributed by atoms with Gasteiger partial charge in [0.05, 0.1) is 36.8 Å². The Labute approximate surface area is 189 Å². The Kier molecular flexibility index (Phi) is 6.21. The minimum atomic E-state index is -0.0392. The molecule has 0 radical (unpaired) electrons. The summed E-state index contributed by atoms with van der Waals surface area (Å²) in [5.41, 5.74) is 2.76. The van der Waals surface area contributed by atoms with Crippen molar-refractivity contribution in [3.05, 3.63) is 36.3 Å². The summed E-state index contributed by atoms with van der Waals surface area (Å²) in [6.07, 6.45) is 14.9. The molecule has 0 spiro atoms. The van der Waals surface area contributed by atoms with Crippen molar-refractivity contribution in [3.8, 4) is 11.3 Å². The highest BCUT2D eigenvalue weighted by molar-refractivity contribution is 5.80. The van der Waals surface area contributed by atoms with Gasteiger partial charge in [-0.3, -0.25) is 9.48 Å². The third-order valence-electron chi connectivity index (χ3n) is 6.97. The topological polar surface area (TPSA) is 87.4 Å². The van der Waals surface area contributed by atoms with Crippen molar-refractivity contribution in [3.63, 3.8) is 0 Å². The van der Waals surface area contributed by atoms with Crippen molar-refractivity contribution < 1.29 is 9.90 Å². The molecule has 5 rings (SSSR count). The molecule has 0 aromatic carbocycles. The predicted octanol–water partition coefficient (Wildman–Crippen LogP) is 2.95. The summed E-state index contributed by atoms with van der Waals surface area (Å²) >= 11 is 0. The average Bonchev–Trinajstić information content (AvgIpc) is 3.60. The van der Waals surface area contributed by atoms with E-state index < -0.39 is 0 Å². The lowest BCUT2D eigenvalue weighted by Crippen LogP contribution is -2.37. The molecule has 8 nitrogen and oxygen atoms in total. The number of nitrogens with zero attached hydrogens (tertiary/aromatic N) is 6. The second-order valence-electron chi connectivity index (χ2n) is 9.00. The van der Waals surface area contributed by atoms with Gasteiger partial charge in [0.15, 0.2) is 0 Å². The SMILES string of the molecule is O=C([C@@H]1CC=CCC1)N1CCC[C@H]1c1c(-c2ccnc(N3CCCC3)n2)cnn1CCO. The van der Waals surface area contributed by atoms with Crippen LogP contribution in [-0.4, -0.2) is 61.9 Å². The van der Waals surface area contributed by atoms with Gasteiger partial charge in [0, 0.05) is 37.3 Å². The molecular formula is C24H32N6O2. The number of allylic oxidation sites excluding steroid dienone is 2. The monoisotopic (exact) mass is 436 g/mol. The quantitative estimate of drug-likeness (QED) is 0.701. The second kappa shape index (κ2) is 9.40. The fraction of sp³-hybridized carbons (Fsp3) is 0.583. The standard InChI is InChI=1S/C24H32N6O2/c31-16-15-30-22(21-9-6-14-29(21)23(32)18-7-2-1-3-8-18)19(17-26-30)20-10-11-25-24(27-20)28-12-4-5-13-28/h1-2,10-11,17-18,21,31H,3-9,12-16H2/t18-,21+/m1/s1. The van der Waals surface area contributed by atoms with E-state index in [1.54, 1.807) is 0 Å². The van der Waals surface area contributed by atoms with Gasteiger partial charge in [0.1, 0.15) is 0 Å². The maximum atomic E-state index is 13.4. The van der Waals surface area contributed by atoms with Crippen molar-refractivity contribution >= 4 is 11.9 Å². The first kappa shape index (κ1) is 21.1. The smallest absolute Gasteiger partial charge is 0.226 e. The minimum absolute atomic E-state index is 0.00497. The number of hydrogen-bond acceptors (Lipinski definition) is 6. The number of hydrogen-bond donors (Lipinski definition) is 1.